The predicted molar refractivity (Wildman–Crippen MR) is 108 cm³/mol. The third-order valence-corrected chi connectivity index (χ3v) is 6.16. The molecule has 150 valence electrons. The number of halogens is 1. The first-order valence-corrected chi connectivity index (χ1v) is 10.5. The van der Waals surface area contributed by atoms with E-state index in [1.807, 2.05) is 0 Å². The van der Waals surface area contributed by atoms with Gasteiger partial charge in [0.2, 0.25) is 5.91 Å². The van der Waals surface area contributed by atoms with Crippen LogP contribution in [-0.4, -0.2) is 41.7 Å². The van der Waals surface area contributed by atoms with E-state index in [0.29, 0.717) is 37.4 Å². The molecule has 0 aromatic heterocycles. The lowest BCUT2D eigenvalue weighted by Crippen LogP contribution is -2.37. The number of ether oxygens (including phenoxy) is 2. The fourth-order valence-electron chi connectivity index (χ4n) is 3.08. The van der Waals surface area contributed by atoms with E-state index in [1.165, 1.54) is 25.3 Å². The molecule has 1 heterocycles. The highest BCUT2D eigenvalue weighted by atomic mass is 35.5. The molecule has 1 aliphatic heterocycles. The third-order valence-electron chi connectivity index (χ3n) is 4.48. The lowest BCUT2D eigenvalue weighted by Gasteiger charge is -2.29. The molecule has 0 spiro atoms. The molecule has 2 aromatic carbocycles. The molecule has 0 saturated heterocycles. The molecular weight excluding hydrogens is 404 g/mol. The molecule has 2 aromatic rings. The van der Waals surface area contributed by atoms with Gasteiger partial charge < -0.3 is 14.4 Å². The first kappa shape index (κ1) is 20.4. The number of rotatable bonds is 7. The molecule has 0 fully saturated rings. The van der Waals surface area contributed by atoms with Crippen molar-refractivity contribution in [2.75, 3.05) is 37.0 Å². The van der Waals surface area contributed by atoms with Crippen LogP contribution >= 0.6 is 11.6 Å². The largest absolute Gasteiger partial charge is 0.495 e. The molecule has 0 saturated carbocycles. The summed E-state index contributed by atoms with van der Waals surface area (Å²) in [6, 6.07) is 9.41. The molecular formula is C19H21ClN2O5S. The number of carbonyl (C=O) groups is 1. The average molecular weight is 425 g/mol. The molecule has 9 heteroatoms. The molecule has 0 atom stereocenters. The Labute approximate surface area is 169 Å². The zero-order valence-electron chi connectivity index (χ0n) is 15.6. The molecule has 1 aliphatic rings. The number of aryl methyl sites for hydroxylation is 1. The van der Waals surface area contributed by atoms with Gasteiger partial charge >= 0.3 is 0 Å². The monoisotopic (exact) mass is 424 g/mol. The van der Waals surface area contributed by atoms with E-state index in [-0.39, 0.29) is 15.8 Å². The Balaban J connectivity index is 1.85. The van der Waals surface area contributed by atoms with Crippen molar-refractivity contribution in [3.63, 3.8) is 0 Å². The van der Waals surface area contributed by atoms with Gasteiger partial charge in [-0.3, -0.25) is 9.52 Å². The Morgan fingerprint density at radius 1 is 1.14 bits per heavy atom. The Morgan fingerprint density at radius 3 is 2.61 bits per heavy atom. The molecule has 0 unspecified atom stereocenters. The minimum absolute atomic E-state index is 0.0331. The highest BCUT2D eigenvalue weighted by molar-refractivity contribution is 7.92. The summed E-state index contributed by atoms with van der Waals surface area (Å²) in [7, 11) is -0.775. The van der Waals surface area contributed by atoms with Crippen molar-refractivity contribution >= 4 is 38.9 Å². The summed E-state index contributed by atoms with van der Waals surface area (Å²) in [4.78, 5) is 13.9. The van der Waals surface area contributed by atoms with E-state index in [1.54, 1.807) is 30.2 Å². The minimum atomic E-state index is -3.82. The fraction of sp³-hybridized carbons (Fsp3) is 0.316. The van der Waals surface area contributed by atoms with Gasteiger partial charge in [0.25, 0.3) is 10.0 Å². The van der Waals surface area contributed by atoms with E-state index >= 15 is 0 Å². The second-order valence-electron chi connectivity index (χ2n) is 6.28. The standard InChI is InChI=1S/C19H21ClN2O5S/c1-26-10-9-22-17-6-4-14(11-13(17)3-8-19(22)23)21-28(24,25)15-5-7-18(27-2)16(20)12-15/h4-7,11-12,21H,3,8-10H2,1-2H3. The van der Waals surface area contributed by atoms with Crippen LogP contribution in [0.25, 0.3) is 0 Å². The summed E-state index contributed by atoms with van der Waals surface area (Å²) in [5, 5.41) is 0.211. The highest BCUT2D eigenvalue weighted by Crippen LogP contribution is 2.32. The van der Waals surface area contributed by atoms with E-state index in [4.69, 9.17) is 21.1 Å². The molecule has 0 radical (unpaired) electrons. The van der Waals surface area contributed by atoms with Gasteiger partial charge in [0.15, 0.2) is 0 Å². The van der Waals surface area contributed by atoms with Gasteiger partial charge in [-0.1, -0.05) is 11.6 Å². The van der Waals surface area contributed by atoms with Crippen molar-refractivity contribution in [2.24, 2.45) is 0 Å². The number of fused-ring (bicyclic) bond motifs is 1. The van der Waals surface area contributed by atoms with Crippen LogP contribution in [0.3, 0.4) is 0 Å². The van der Waals surface area contributed by atoms with Gasteiger partial charge in [0.1, 0.15) is 5.75 Å². The molecule has 0 bridgehead atoms. The minimum Gasteiger partial charge on any atom is -0.495 e. The fourth-order valence-corrected chi connectivity index (χ4v) is 4.48. The predicted octanol–water partition coefficient (Wildman–Crippen LogP) is 3.08. The Bertz CT molecular complexity index is 994. The van der Waals surface area contributed by atoms with E-state index in [2.05, 4.69) is 4.72 Å². The van der Waals surface area contributed by atoms with Crippen LogP contribution in [0.5, 0.6) is 5.75 Å². The lowest BCUT2D eigenvalue weighted by atomic mass is 10.0. The number of benzene rings is 2. The van der Waals surface area contributed by atoms with E-state index in [9.17, 15) is 13.2 Å². The first-order valence-electron chi connectivity index (χ1n) is 8.64. The van der Waals surface area contributed by atoms with Crippen molar-refractivity contribution in [2.45, 2.75) is 17.7 Å². The maximum Gasteiger partial charge on any atom is 0.261 e. The number of methoxy groups -OCH3 is 2. The van der Waals surface area contributed by atoms with Gasteiger partial charge in [-0.15, -0.1) is 0 Å². The van der Waals surface area contributed by atoms with Crippen LogP contribution in [0.4, 0.5) is 11.4 Å². The number of carbonyl (C=O) groups excluding carboxylic acids is 1. The zero-order valence-corrected chi connectivity index (χ0v) is 17.1. The second kappa shape index (κ2) is 8.38. The Morgan fingerprint density at radius 2 is 1.93 bits per heavy atom. The van der Waals surface area contributed by atoms with Crippen LogP contribution in [0.15, 0.2) is 41.3 Å². The molecule has 1 N–H and O–H groups in total. The smallest absolute Gasteiger partial charge is 0.261 e. The van der Waals surface area contributed by atoms with Crippen LogP contribution < -0.4 is 14.4 Å². The molecule has 28 heavy (non-hydrogen) atoms. The second-order valence-corrected chi connectivity index (χ2v) is 8.37. The van der Waals surface area contributed by atoms with Crippen LogP contribution in [-0.2, 0) is 26.0 Å². The van der Waals surface area contributed by atoms with Gasteiger partial charge in [-0.05, 0) is 48.4 Å². The van der Waals surface area contributed by atoms with Crippen LogP contribution in [0.2, 0.25) is 5.02 Å². The number of hydrogen-bond acceptors (Lipinski definition) is 5. The highest BCUT2D eigenvalue weighted by Gasteiger charge is 2.25. The maximum absolute atomic E-state index is 12.7. The number of amides is 1. The van der Waals surface area contributed by atoms with Crippen molar-refractivity contribution in [1.82, 2.24) is 0 Å². The van der Waals surface area contributed by atoms with Crippen molar-refractivity contribution in [3.05, 3.63) is 47.0 Å². The van der Waals surface area contributed by atoms with Crippen LogP contribution in [0, 0.1) is 0 Å². The lowest BCUT2D eigenvalue weighted by molar-refractivity contribution is -0.119. The molecule has 7 nitrogen and oxygen atoms in total. The van der Waals surface area contributed by atoms with Crippen LogP contribution in [0.1, 0.15) is 12.0 Å². The topological polar surface area (TPSA) is 84.9 Å². The molecule has 0 aliphatic carbocycles. The van der Waals surface area contributed by atoms with Gasteiger partial charge in [0, 0.05) is 31.5 Å². The molecule has 1 amide bonds. The van der Waals surface area contributed by atoms with E-state index in [0.717, 1.165) is 11.3 Å². The third kappa shape index (κ3) is 4.24. The first-order chi connectivity index (χ1) is 13.4. The zero-order chi connectivity index (χ0) is 20.3. The number of nitrogens with zero attached hydrogens (tertiary/aromatic N) is 1. The maximum atomic E-state index is 12.7. The number of hydrogen-bond donors (Lipinski definition) is 1. The van der Waals surface area contributed by atoms with E-state index < -0.39 is 10.0 Å². The number of anilines is 2. The van der Waals surface area contributed by atoms with Crippen molar-refractivity contribution in [1.29, 1.82) is 0 Å². The summed E-state index contributed by atoms with van der Waals surface area (Å²) in [6.07, 6.45) is 0.933. The summed E-state index contributed by atoms with van der Waals surface area (Å²) in [6.45, 7) is 0.884. The number of sulfonamides is 1. The number of nitrogens with one attached hydrogen (secondary N) is 1. The summed E-state index contributed by atoms with van der Waals surface area (Å²) >= 11 is 6.04. The van der Waals surface area contributed by atoms with Gasteiger partial charge in [-0.25, -0.2) is 8.42 Å². The van der Waals surface area contributed by atoms with Gasteiger partial charge in [0.05, 0.1) is 23.6 Å². The quantitative estimate of drug-likeness (QED) is 0.738. The summed E-state index contributed by atoms with van der Waals surface area (Å²) in [5.74, 6) is 0.431. The Hall–Kier alpha value is -2.29. The average Bonchev–Trinajstić information content (AvgIpc) is 2.67. The molecule has 3 rings (SSSR count). The summed E-state index contributed by atoms with van der Waals surface area (Å²) in [5.41, 5.74) is 2.11. The normalized spacial score (nSPS) is 14.0. The van der Waals surface area contributed by atoms with Gasteiger partial charge in [-0.2, -0.15) is 0 Å². The van der Waals surface area contributed by atoms with Crippen molar-refractivity contribution in [3.8, 4) is 5.75 Å². The van der Waals surface area contributed by atoms with Crippen molar-refractivity contribution < 1.29 is 22.7 Å². The SMILES string of the molecule is COCCN1C(=O)CCc2cc(NS(=O)(=O)c3ccc(OC)c(Cl)c3)ccc21. The summed E-state index contributed by atoms with van der Waals surface area (Å²) < 4.78 is 38.1. The Kier molecular flexibility index (Phi) is 6.12.